The number of carbonyl (C=O) groups is 7. The molecule has 20 nitrogen and oxygen atoms in total. The number of methoxy groups -OCH3 is 6. The molecule has 2 N–H and O–H groups in total. The van der Waals surface area contributed by atoms with E-state index in [2.05, 4.69) is 15.0 Å². The van der Waals surface area contributed by atoms with Crippen LogP contribution in [0.15, 0.2) is 36.4 Å². The summed E-state index contributed by atoms with van der Waals surface area (Å²) in [4.78, 5) is 99.2. The largest absolute Gasteiger partial charge is 0.491 e. The zero-order valence-electron chi connectivity index (χ0n) is 43.8. The Morgan fingerprint density at radius 3 is 1.09 bits per heavy atom. The van der Waals surface area contributed by atoms with Gasteiger partial charge in [-0.05, 0) is 59.7 Å². The van der Waals surface area contributed by atoms with Crippen LogP contribution in [0.1, 0.15) is 104 Å². The van der Waals surface area contributed by atoms with Crippen molar-refractivity contribution < 1.29 is 81.7 Å². The summed E-state index contributed by atoms with van der Waals surface area (Å²) in [5.41, 5.74) is 0.185. The highest BCUT2D eigenvalue weighted by Gasteiger charge is 2.42. The molecular formula is C51H61N3O17S3. The van der Waals surface area contributed by atoms with Gasteiger partial charge in [-0.15, -0.1) is 34.0 Å². The summed E-state index contributed by atoms with van der Waals surface area (Å²) in [6.45, 7) is 14.8. The molecule has 0 aliphatic heterocycles. The normalized spacial score (nSPS) is 12.9. The average Bonchev–Trinajstić information content (AvgIpc) is 4.08. The Kier molecular flexibility index (Phi) is 20.4. The summed E-state index contributed by atoms with van der Waals surface area (Å²) >= 11 is 3.69. The first-order valence-corrected chi connectivity index (χ1v) is 25.1. The van der Waals surface area contributed by atoms with Crippen LogP contribution in [0.25, 0.3) is 30.6 Å². The van der Waals surface area contributed by atoms with Gasteiger partial charge in [-0.3, -0.25) is 33.6 Å². The molecule has 0 aliphatic rings. The van der Waals surface area contributed by atoms with Crippen LogP contribution in [0.2, 0.25) is 0 Å². The van der Waals surface area contributed by atoms with Gasteiger partial charge in [0, 0.05) is 31.0 Å². The van der Waals surface area contributed by atoms with E-state index in [9.17, 15) is 33.6 Å². The van der Waals surface area contributed by atoms with Crippen molar-refractivity contribution in [2.45, 2.75) is 86.4 Å². The molecule has 0 saturated heterocycles. The van der Waals surface area contributed by atoms with Crippen molar-refractivity contribution in [3.05, 3.63) is 51.0 Å². The molecule has 6 aromatic rings. The van der Waals surface area contributed by atoms with Crippen molar-refractivity contribution in [1.82, 2.24) is 15.0 Å². The second-order valence-corrected chi connectivity index (χ2v) is 21.8. The lowest BCUT2D eigenvalue weighted by atomic mass is 9.88. The van der Waals surface area contributed by atoms with Gasteiger partial charge in [0.2, 0.25) is 0 Å². The molecule has 400 valence electrons. The van der Waals surface area contributed by atoms with Crippen molar-refractivity contribution in [3.8, 4) is 34.9 Å². The van der Waals surface area contributed by atoms with Crippen LogP contribution in [0.5, 0.6) is 34.9 Å². The predicted molar refractivity (Wildman–Crippen MR) is 278 cm³/mol. The van der Waals surface area contributed by atoms with Gasteiger partial charge in [0.25, 0.3) is 17.6 Å². The first-order chi connectivity index (χ1) is 34.6. The second kappa shape index (κ2) is 25.3. The molecule has 0 aromatic carbocycles. The molecular weight excluding hydrogens is 1020 g/mol. The third-order valence-electron chi connectivity index (χ3n) is 10.4. The molecule has 2 unspecified atom stereocenters. The van der Waals surface area contributed by atoms with Crippen molar-refractivity contribution >= 4 is 106 Å². The fraction of sp³-hybridized carbons (Fsp3) is 0.451. The molecule has 74 heavy (non-hydrogen) atoms. The van der Waals surface area contributed by atoms with Crippen LogP contribution >= 0.6 is 34.0 Å². The number of thiophene rings is 3. The van der Waals surface area contributed by atoms with Gasteiger partial charge in [0.15, 0.2) is 34.6 Å². The minimum atomic E-state index is -1.36. The number of fused-ring (bicyclic) bond motifs is 3. The van der Waals surface area contributed by atoms with Gasteiger partial charge in [-0.1, -0.05) is 20.8 Å². The van der Waals surface area contributed by atoms with Gasteiger partial charge >= 0.3 is 23.9 Å². The van der Waals surface area contributed by atoms with Crippen LogP contribution in [0.4, 0.5) is 0 Å². The van der Waals surface area contributed by atoms with Gasteiger partial charge in [-0.25, -0.2) is 15.0 Å². The molecule has 0 aliphatic carbocycles. The van der Waals surface area contributed by atoms with E-state index < -0.39 is 64.5 Å². The number of Topliss-reactive ketones (excluding diaryl/α,β-unsaturated/α-hetero) is 3. The number of carboxylic acid groups (broad SMARTS) is 2. The lowest BCUT2D eigenvalue weighted by Gasteiger charge is -2.28. The van der Waals surface area contributed by atoms with E-state index in [1.165, 1.54) is 86.1 Å². The zero-order chi connectivity index (χ0) is 55.6. The van der Waals surface area contributed by atoms with E-state index in [1.807, 2.05) is 0 Å². The van der Waals surface area contributed by atoms with Crippen LogP contribution in [-0.4, -0.2) is 120 Å². The molecule has 0 saturated carbocycles. The molecule has 0 bridgehead atoms. The number of aliphatic carboxylic acids is 2. The maximum atomic E-state index is 13.5. The summed E-state index contributed by atoms with van der Waals surface area (Å²) < 4.78 is 44.2. The van der Waals surface area contributed by atoms with Crippen LogP contribution in [-0.2, 0) is 28.7 Å². The Morgan fingerprint density at radius 1 is 0.486 bits per heavy atom. The highest BCUT2D eigenvalue weighted by Crippen LogP contribution is 2.38. The fourth-order valence-electron chi connectivity index (χ4n) is 6.59. The standard InChI is InChI=1S/C23H31NO7S.2C14H15NO5S/c1-12(20(26)30-22(2,3)4)17(21(27)31-23(5,6)7)18(25)16-10-13-15(32-16)11-14(28-8)19(24-13)29-9;2*1-7(14(17)18)4-9(16)12-5-8-11(21-12)6-10(19-2)13(15-8)20-3/h10-12,17H,1-9H3;2*5-7H,4H2,1-3H3,(H,17,18)/t;2*7-/m.10/s1. The number of ether oxygens (including phenoxy) is 8. The average molecular weight is 1080 g/mol. The van der Waals surface area contributed by atoms with E-state index in [-0.39, 0.29) is 35.2 Å². The number of pyridine rings is 3. The number of carbonyl (C=O) groups excluding carboxylic acids is 5. The number of aromatic nitrogens is 3. The van der Waals surface area contributed by atoms with E-state index in [0.717, 1.165) is 20.7 Å². The van der Waals surface area contributed by atoms with Crippen LogP contribution < -0.4 is 28.4 Å². The fourth-order valence-corrected chi connectivity index (χ4v) is 9.56. The Bertz CT molecular complexity index is 2790. The van der Waals surface area contributed by atoms with Gasteiger partial charge < -0.3 is 48.1 Å². The Labute approximate surface area is 439 Å². The number of carboxylic acids is 2. The Morgan fingerprint density at radius 2 is 0.797 bits per heavy atom. The lowest BCUT2D eigenvalue weighted by molar-refractivity contribution is -0.170. The third-order valence-corrected chi connectivity index (χ3v) is 13.7. The van der Waals surface area contributed by atoms with Gasteiger partial charge in [-0.2, -0.15) is 0 Å². The number of esters is 2. The number of rotatable bonds is 19. The van der Waals surface area contributed by atoms with E-state index >= 15 is 0 Å². The Balaban J connectivity index is 0.000000249. The first kappa shape index (κ1) is 59.6. The molecule has 0 radical (unpaired) electrons. The van der Waals surface area contributed by atoms with Gasteiger partial charge in [0.05, 0.1) is 106 Å². The third kappa shape index (κ3) is 15.5. The highest BCUT2D eigenvalue weighted by molar-refractivity contribution is 7.21. The van der Waals surface area contributed by atoms with Crippen molar-refractivity contribution in [3.63, 3.8) is 0 Å². The summed E-state index contributed by atoms with van der Waals surface area (Å²) in [7, 11) is 8.97. The topological polar surface area (TPSA) is 272 Å². The summed E-state index contributed by atoms with van der Waals surface area (Å²) in [5, 5.41) is 17.7. The SMILES string of the molecule is COc1cc2sc(C(=O)C(C(=O)OC(C)(C)C)C(C)C(=O)OC(C)(C)C)cc2nc1OC.COc1cc2sc(C(=O)C[C@@H](C)C(=O)O)cc2nc1OC.COc1cc2sc(C(=O)C[C@H](C)C(=O)O)cc2nc1OC. The van der Waals surface area contributed by atoms with E-state index in [1.54, 1.807) is 77.9 Å². The highest BCUT2D eigenvalue weighted by atomic mass is 32.1. The first-order valence-electron chi connectivity index (χ1n) is 22.7. The molecule has 23 heteroatoms. The van der Waals surface area contributed by atoms with Crippen molar-refractivity contribution in [2.75, 3.05) is 42.7 Å². The molecule has 6 rings (SSSR count). The summed E-state index contributed by atoms with van der Waals surface area (Å²) in [6.07, 6.45) is -0.0626. The van der Waals surface area contributed by atoms with Gasteiger partial charge in [0.1, 0.15) is 17.1 Å². The molecule has 6 aromatic heterocycles. The lowest BCUT2D eigenvalue weighted by Crippen LogP contribution is -2.41. The summed E-state index contributed by atoms with van der Waals surface area (Å²) in [5.74, 6) is -5.76. The van der Waals surface area contributed by atoms with Crippen molar-refractivity contribution in [2.24, 2.45) is 23.7 Å². The minimum Gasteiger partial charge on any atom is -0.491 e. The van der Waals surface area contributed by atoms with Crippen LogP contribution in [0, 0.1) is 23.7 Å². The summed E-state index contributed by atoms with van der Waals surface area (Å²) in [6, 6.07) is 10.1. The minimum absolute atomic E-state index is 0.0313. The predicted octanol–water partition coefficient (Wildman–Crippen LogP) is 9.65. The monoisotopic (exact) mass is 1080 g/mol. The zero-order valence-corrected chi connectivity index (χ0v) is 46.2. The van der Waals surface area contributed by atoms with E-state index in [4.69, 9.17) is 48.1 Å². The number of ketones is 3. The van der Waals surface area contributed by atoms with Crippen molar-refractivity contribution in [1.29, 1.82) is 0 Å². The quantitative estimate of drug-likeness (QED) is 0.0434. The molecule has 4 atom stereocenters. The number of hydrogen-bond acceptors (Lipinski definition) is 21. The molecule has 0 fully saturated rings. The second-order valence-electron chi connectivity index (χ2n) is 18.5. The smallest absolute Gasteiger partial charge is 0.318 e. The maximum Gasteiger partial charge on any atom is 0.318 e. The molecule has 6 heterocycles. The number of nitrogens with zero attached hydrogens (tertiary/aromatic N) is 3. The molecule has 0 amide bonds. The Hall–Kier alpha value is -6.98. The number of hydrogen-bond donors (Lipinski definition) is 2. The molecule has 0 spiro atoms. The van der Waals surface area contributed by atoms with E-state index in [0.29, 0.717) is 60.0 Å². The van der Waals surface area contributed by atoms with Crippen LogP contribution in [0.3, 0.4) is 0 Å². The maximum absolute atomic E-state index is 13.5.